The van der Waals surface area contributed by atoms with Crippen molar-refractivity contribution in [3.8, 4) is 5.75 Å². The van der Waals surface area contributed by atoms with Gasteiger partial charge in [0.1, 0.15) is 5.75 Å². The minimum absolute atomic E-state index is 0.192. The summed E-state index contributed by atoms with van der Waals surface area (Å²) in [6.07, 6.45) is 2.05. The lowest BCUT2D eigenvalue weighted by Crippen LogP contribution is -2.46. The monoisotopic (exact) mass is 511 g/mol. The average Bonchev–Trinajstić information content (AvgIpc) is 2.86. The van der Waals surface area contributed by atoms with Crippen LogP contribution >= 0.6 is 23.2 Å². The molecule has 0 aromatic heterocycles. The fraction of sp³-hybridized carbons (Fsp3) is 0.321. The van der Waals surface area contributed by atoms with Crippen LogP contribution in [0.25, 0.3) is 0 Å². The van der Waals surface area contributed by atoms with Crippen LogP contribution in [0.1, 0.15) is 35.7 Å². The van der Waals surface area contributed by atoms with Crippen molar-refractivity contribution in [2.45, 2.75) is 26.3 Å². The standard InChI is InChI=1S/C28H31Cl2N3O2/c1-2-3-17-35-24-9-6-8-21(18-24)28(34)31-23-11-12-27(26(30)19-23)33-15-13-32(14-16-33)20-22-7-4-5-10-25(22)29/h4-12,18-19H,2-3,13-17,20H2,1H3,(H,31,34). The second-order valence-corrected chi connectivity index (χ2v) is 9.52. The van der Waals surface area contributed by atoms with Gasteiger partial charge in [0.15, 0.2) is 0 Å². The first kappa shape index (κ1) is 25.4. The molecular formula is C28H31Cl2N3O2. The van der Waals surface area contributed by atoms with Crippen LogP contribution in [0.5, 0.6) is 5.75 Å². The van der Waals surface area contributed by atoms with Gasteiger partial charge < -0.3 is 15.0 Å². The summed E-state index contributed by atoms with van der Waals surface area (Å²) in [6, 6.07) is 20.9. The molecular weight excluding hydrogens is 481 g/mol. The van der Waals surface area contributed by atoms with E-state index in [2.05, 4.69) is 28.1 Å². The van der Waals surface area contributed by atoms with E-state index in [1.807, 2.05) is 48.5 Å². The highest BCUT2D eigenvalue weighted by atomic mass is 35.5. The Kier molecular flexibility index (Phi) is 8.91. The van der Waals surface area contributed by atoms with E-state index < -0.39 is 0 Å². The molecule has 3 aromatic rings. The molecule has 1 aliphatic heterocycles. The first-order valence-corrected chi connectivity index (χ1v) is 12.8. The molecule has 1 amide bonds. The van der Waals surface area contributed by atoms with Crippen molar-refractivity contribution in [2.75, 3.05) is 43.0 Å². The quantitative estimate of drug-likeness (QED) is 0.322. The van der Waals surface area contributed by atoms with Gasteiger partial charge in [-0.05, 0) is 54.4 Å². The lowest BCUT2D eigenvalue weighted by atomic mass is 10.1. The van der Waals surface area contributed by atoms with Gasteiger partial charge in [-0.25, -0.2) is 0 Å². The highest BCUT2D eigenvalue weighted by molar-refractivity contribution is 6.33. The lowest BCUT2D eigenvalue weighted by molar-refractivity contribution is 0.102. The maximum atomic E-state index is 12.8. The van der Waals surface area contributed by atoms with Crippen LogP contribution in [0.2, 0.25) is 10.0 Å². The molecule has 0 aliphatic carbocycles. The van der Waals surface area contributed by atoms with Crippen molar-refractivity contribution in [3.63, 3.8) is 0 Å². The van der Waals surface area contributed by atoms with Crippen LogP contribution in [0, 0.1) is 0 Å². The van der Waals surface area contributed by atoms with Gasteiger partial charge in [0.05, 0.1) is 17.3 Å². The van der Waals surface area contributed by atoms with E-state index in [9.17, 15) is 4.79 Å². The molecule has 3 aromatic carbocycles. The summed E-state index contributed by atoms with van der Waals surface area (Å²) in [6.45, 7) is 7.21. The second-order valence-electron chi connectivity index (χ2n) is 8.70. The van der Waals surface area contributed by atoms with Crippen LogP contribution in [-0.2, 0) is 6.54 Å². The number of carbonyl (C=O) groups excluding carboxylic acids is 1. The minimum Gasteiger partial charge on any atom is -0.494 e. The molecule has 7 heteroatoms. The van der Waals surface area contributed by atoms with Crippen molar-refractivity contribution in [3.05, 3.63) is 87.9 Å². The normalized spacial score (nSPS) is 14.1. The Morgan fingerprint density at radius 3 is 2.49 bits per heavy atom. The molecule has 0 spiro atoms. The van der Waals surface area contributed by atoms with Gasteiger partial charge in [-0.15, -0.1) is 0 Å². The molecule has 35 heavy (non-hydrogen) atoms. The number of hydrogen-bond donors (Lipinski definition) is 1. The van der Waals surface area contributed by atoms with Gasteiger partial charge in [0.2, 0.25) is 0 Å². The highest BCUT2D eigenvalue weighted by Crippen LogP contribution is 2.30. The highest BCUT2D eigenvalue weighted by Gasteiger charge is 2.20. The van der Waals surface area contributed by atoms with Gasteiger partial charge in [-0.1, -0.05) is 60.8 Å². The molecule has 1 fully saturated rings. The number of halogens is 2. The number of piperazine rings is 1. The first-order valence-electron chi connectivity index (χ1n) is 12.1. The van der Waals surface area contributed by atoms with Gasteiger partial charge in [0, 0.05) is 49.0 Å². The van der Waals surface area contributed by atoms with Gasteiger partial charge in [-0.3, -0.25) is 9.69 Å². The van der Waals surface area contributed by atoms with E-state index in [4.69, 9.17) is 27.9 Å². The summed E-state index contributed by atoms with van der Waals surface area (Å²) >= 11 is 13.0. The van der Waals surface area contributed by atoms with E-state index in [1.54, 1.807) is 12.1 Å². The number of rotatable bonds is 9. The number of ether oxygens (including phenoxy) is 1. The third-order valence-corrected chi connectivity index (χ3v) is 6.80. The predicted molar refractivity (Wildman–Crippen MR) is 145 cm³/mol. The zero-order chi connectivity index (χ0) is 24.6. The van der Waals surface area contributed by atoms with Crippen LogP contribution in [0.3, 0.4) is 0 Å². The lowest BCUT2D eigenvalue weighted by Gasteiger charge is -2.36. The summed E-state index contributed by atoms with van der Waals surface area (Å²) in [5.41, 5.74) is 3.35. The van der Waals surface area contributed by atoms with Crippen LogP contribution < -0.4 is 15.0 Å². The summed E-state index contributed by atoms with van der Waals surface area (Å²) in [7, 11) is 0. The molecule has 1 saturated heterocycles. The Balaban J connectivity index is 1.33. The average molecular weight is 512 g/mol. The third-order valence-electron chi connectivity index (χ3n) is 6.13. The van der Waals surface area contributed by atoms with E-state index in [0.717, 1.165) is 61.8 Å². The van der Waals surface area contributed by atoms with E-state index in [0.29, 0.717) is 28.6 Å². The third kappa shape index (κ3) is 6.91. The van der Waals surface area contributed by atoms with Crippen LogP contribution in [0.4, 0.5) is 11.4 Å². The largest absolute Gasteiger partial charge is 0.494 e. The van der Waals surface area contributed by atoms with Crippen molar-refractivity contribution in [1.82, 2.24) is 4.90 Å². The molecule has 0 radical (unpaired) electrons. The fourth-order valence-corrected chi connectivity index (χ4v) is 4.62. The Hall–Kier alpha value is -2.73. The fourth-order valence-electron chi connectivity index (χ4n) is 4.12. The van der Waals surface area contributed by atoms with E-state index in [1.165, 1.54) is 0 Å². The number of unbranched alkanes of at least 4 members (excludes halogenated alkanes) is 1. The molecule has 0 unspecified atom stereocenters. The zero-order valence-corrected chi connectivity index (χ0v) is 21.5. The number of nitrogens with one attached hydrogen (secondary N) is 1. The molecule has 0 saturated carbocycles. The van der Waals surface area contributed by atoms with Crippen molar-refractivity contribution in [2.24, 2.45) is 0 Å². The molecule has 0 atom stereocenters. The summed E-state index contributed by atoms with van der Waals surface area (Å²) in [4.78, 5) is 17.5. The summed E-state index contributed by atoms with van der Waals surface area (Å²) in [5, 5.41) is 4.38. The maximum Gasteiger partial charge on any atom is 0.255 e. The molecule has 184 valence electrons. The van der Waals surface area contributed by atoms with Crippen molar-refractivity contribution >= 4 is 40.5 Å². The Bertz CT molecular complexity index is 1150. The topological polar surface area (TPSA) is 44.8 Å². The Morgan fingerprint density at radius 2 is 1.74 bits per heavy atom. The summed E-state index contributed by atoms with van der Waals surface area (Å²) < 4.78 is 5.72. The number of benzene rings is 3. The van der Waals surface area contributed by atoms with Gasteiger partial charge >= 0.3 is 0 Å². The van der Waals surface area contributed by atoms with Crippen molar-refractivity contribution < 1.29 is 9.53 Å². The SMILES string of the molecule is CCCCOc1cccc(C(=O)Nc2ccc(N3CCN(Cc4ccccc4Cl)CC3)c(Cl)c2)c1. The van der Waals surface area contributed by atoms with E-state index in [-0.39, 0.29) is 5.91 Å². The first-order chi connectivity index (χ1) is 17.0. The predicted octanol–water partition coefficient (Wildman–Crippen LogP) is 6.75. The Labute approximate surface area is 217 Å². The second kappa shape index (κ2) is 12.3. The molecule has 4 rings (SSSR count). The molecule has 1 heterocycles. The van der Waals surface area contributed by atoms with E-state index >= 15 is 0 Å². The van der Waals surface area contributed by atoms with Crippen LogP contribution in [0.15, 0.2) is 66.7 Å². The van der Waals surface area contributed by atoms with Gasteiger partial charge in [0.25, 0.3) is 5.91 Å². The van der Waals surface area contributed by atoms with Crippen molar-refractivity contribution in [1.29, 1.82) is 0 Å². The smallest absolute Gasteiger partial charge is 0.255 e. The minimum atomic E-state index is -0.192. The number of nitrogens with zero attached hydrogens (tertiary/aromatic N) is 2. The maximum absolute atomic E-state index is 12.8. The number of anilines is 2. The molecule has 1 aliphatic rings. The summed E-state index contributed by atoms with van der Waals surface area (Å²) in [5.74, 6) is 0.510. The Morgan fingerprint density at radius 1 is 0.943 bits per heavy atom. The molecule has 0 bridgehead atoms. The number of amides is 1. The number of hydrogen-bond acceptors (Lipinski definition) is 4. The number of carbonyl (C=O) groups is 1. The van der Waals surface area contributed by atoms with Gasteiger partial charge in [-0.2, -0.15) is 0 Å². The zero-order valence-electron chi connectivity index (χ0n) is 20.0. The molecule has 1 N–H and O–H groups in total. The molecule has 5 nitrogen and oxygen atoms in total. The van der Waals surface area contributed by atoms with Crippen LogP contribution in [-0.4, -0.2) is 43.6 Å².